The molecular formula is C14H23NO2. The van der Waals surface area contributed by atoms with Gasteiger partial charge in [-0.15, -0.1) is 0 Å². The van der Waals surface area contributed by atoms with E-state index in [1.165, 1.54) is 5.56 Å². The highest BCUT2D eigenvalue weighted by Gasteiger charge is 2.06. The van der Waals surface area contributed by atoms with Crippen molar-refractivity contribution < 1.29 is 9.15 Å². The zero-order valence-electron chi connectivity index (χ0n) is 11.0. The molecule has 3 nitrogen and oxygen atoms in total. The lowest BCUT2D eigenvalue weighted by Crippen LogP contribution is -2.19. The maximum atomic E-state index is 5.48. The van der Waals surface area contributed by atoms with Gasteiger partial charge >= 0.3 is 0 Å². The molecule has 0 amide bonds. The zero-order valence-corrected chi connectivity index (χ0v) is 11.0. The van der Waals surface area contributed by atoms with Crippen LogP contribution in [0.1, 0.15) is 32.1 Å². The van der Waals surface area contributed by atoms with Crippen molar-refractivity contribution in [1.29, 1.82) is 0 Å². The number of ether oxygens (including phenoxy) is 1. The summed E-state index contributed by atoms with van der Waals surface area (Å²) < 4.78 is 10.9. The lowest BCUT2D eigenvalue weighted by molar-refractivity contribution is 0.130. The highest BCUT2D eigenvalue weighted by atomic mass is 16.5. The molecule has 1 rings (SSSR count). The lowest BCUT2D eigenvalue weighted by atomic mass is 10.2. The van der Waals surface area contributed by atoms with E-state index in [4.69, 9.17) is 9.15 Å². The standard InChI is InChI=1S/C14H23NO2/c1-4-5-7-16-11-14-13(6-8-17-14)10-15-9-12(2)3/h4-6,8,12,15H,7,9-11H2,1-3H3. The summed E-state index contributed by atoms with van der Waals surface area (Å²) in [4.78, 5) is 0. The molecular weight excluding hydrogens is 214 g/mol. The van der Waals surface area contributed by atoms with Gasteiger partial charge in [0.15, 0.2) is 0 Å². The summed E-state index contributed by atoms with van der Waals surface area (Å²) in [6, 6.07) is 2.00. The normalized spacial score (nSPS) is 11.8. The first-order chi connectivity index (χ1) is 8.24. The van der Waals surface area contributed by atoms with Crippen LogP contribution in [0.15, 0.2) is 28.9 Å². The molecule has 17 heavy (non-hydrogen) atoms. The van der Waals surface area contributed by atoms with Crippen LogP contribution < -0.4 is 5.32 Å². The quantitative estimate of drug-likeness (QED) is 0.557. The van der Waals surface area contributed by atoms with Crippen LogP contribution in [0.25, 0.3) is 0 Å². The third-order valence-electron chi connectivity index (χ3n) is 2.39. The third kappa shape index (κ3) is 5.71. The molecule has 0 radical (unpaired) electrons. The molecule has 1 N–H and O–H groups in total. The molecule has 0 saturated carbocycles. The summed E-state index contributed by atoms with van der Waals surface area (Å²) in [5.41, 5.74) is 1.19. The molecule has 0 atom stereocenters. The minimum absolute atomic E-state index is 0.538. The number of rotatable bonds is 8. The molecule has 1 aromatic heterocycles. The van der Waals surface area contributed by atoms with Gasteiger partial charge in [0.2, 0.25) is 0 Å². The average molecular weight is 237 g/mol. The first-order valence-electron chi connectivity index (χ1n) is 6.19. The molecule has 96 valence electrons. The Morgan fingerprint density at radius 3 is 3.00 bits per heavy atom. The number of furan rings is 1. The van der Waals surface area contributed by atoms with E-state index in [0.717, 1.165) is 18.8 Å². The highest BCUT2D eigenvalue weighted by Crippen LogP contribution is 2.11. The van der Waals surface area contributed by atoms with Crippen LogP contribution in [0.2, 0.25) is 0 Å². The summed E-state index contributed by atoms with van der Waals surface area (Å²) in [6.07, 6.45) is 5.69. The Morgan fingerprint density at radius 2 is 2.29 bits per heavy atom. The van der Waals surface area contributed by atoms with Gasteiger partial charge in [0, 0.05) is 12.1 Å². The molecule has 0 unspecified atom stereocenters. The molecule has 1 heterocycles. The largest absolute Gasteiger partial charge is 0.467 e. The molecule has 0 aromatic carbocycles. The SMILES string of the molecule is CC=CCOCc1occc1CNCC(C)C. The van der Waals surface area contributed by atoms with Crippen molar-refractivity contribution in [2.45, 2.75) is 33.9 Å². The fraction of sp³-hybridized carbons (Fsp3) is 0.571. The average Bonchev–Trinajstić information content (AvgIpc) is 2.72. The van der Waals surface area contributed by atoms with Crippen molar-refractivity contribution in [3.05, 3.63) is 35.8 Å². The van der Waals surface area contributed by atoms with Gasteiger partial charge < -0.3 is 14.5 Å². The molecule has 3 heteroatoms. The van der Waals surface area contributed by atoms with Crippen LogP contribution >= 0.6 is 0 Å². The van der Waals surface area contributed by atoms with E-state index in [1.54, 1.807) is 6.26 Å². The summed E-state index contributed by atoms with van der Waals surface area (Å²) in [6.45, 7) is 9.41. The molecule has 0 spiro atoms. The predicted octanol–water partition coefficient (Wildman–Crippen LogP) is 3.12. The van der Waals surface area contributed by atoms with Crippen molar-refractivity contribution in [2.24, 2.45) is 5.92 Å². The van der Waals surface area contributed by atoms with Crippen molar-refractivity contribution in [3.8, 4) is 0 Å². The topological polar surface area (TPSA) is 34.4 Å². The molecule has 0 aliphatic rings. The van der Waals surface area contributed by atoms with Crippen LogP contribution in [0.4, 0.5) is 0 Å². The maximum Gasteiger partial charge on any atom is 0.133 e. The Labute approximate surface area is 104 Å². The van der Waals surface area contributed by atoms with Crippen molar-refractivity contribution >= 4 is 0 Å². The van der Waals surface area contributed by atoms with Gasteiger partial charge in [-0.2, -0.15) is 0 Å². The van der Waals surface area contributed by atoms with Crippen LogP contribution in [-0.2, 0) is 17.9 Å². The van der Waals surface area contributed by atoms with Gasteiger partial charge in [-0.25, -0.2) is 0 Å². The Morgan fingerprint density at radius 1 is 1.47 bits per heavy atom. The maximum absolute atomic E-state index is 5.48. The third-order valence-corrected chi connectivity index (χ3v) is 2.39. The van der Waals surface area contributed by atoms with E-state index in [2.05, 4.69) is 19.2 Å². The highest BCUT2D eigenvalue weighted by molar-refractivity contribution is 5.16. The fourth-order valence-corrected chi connectivity index (χ4v) is 1.46. The van der Waals surface area contributed by atoms with E-state index in [-0.39, 0.29) is 0 Å². The molecule has 0 aliphatic heterocycles. The second-order valence-electron chi connectivity index (χ2n) is 4.48. The first kappa shape index (κ1) is 14.0. The van der Waals surface area contributed by atoms with E-state index >= 15 is 0 Å². The van der Waals surface area contributed by atoms with E-state index in [9.17, 15) is 0 Å². The Balaban J connectivity index is 2.32. The summed E-state index contributed by atoms with van der Waals surface area (Å²) in [5.74, 6) is 1.59. The Bertz CT molecular complexity index is 329. The van der Waals surface area contributed by atoms with E-state index < -0.39 is 0 Å². The second-order valence-corrected chi connectivity index (χ2v) is 4.48. The van der Waals surface area contributed by atoms with Gasteiger partial charge in [-0.3, -0.25) is 0 Å². The minimum atomic E-state index is 0.538. The van der Waals surface area contributed by atoms with E-state index in [1.807, 2.05) is 25.1 Å². The van der Waals surface area contributed by atoms with Gasteiger partial charge in [0.25, 0.3) is 0 Å². The van der Waals surface area contributed by atoms with Crippen LogP contribution in [0.5, 0.6) is 0 Å². The summed E-state index contributed by atoms with van der Waals surface area (Å²) >= 11 is 0. The molecule has 0 bridgehead atoms. The lowest BCUT2D eigenvalue weighted by Gasteiger charge is -2.07. The molecule has 0 fully saturated rings. The minimum Gasteiger partial charge on any atom is -0.467 e. The van der Waals surface area contributed by atoms with Crippen LogP contribution in [-0.4, -0.2) is 13.2 Å². The smallest absolute Gasteiger partial charge is 0.133 e. The van der Waals surface area contributed by atoms with Crippen LogP contribution in [0.3, 0.4) is 0 Å². The Hall–Kier alpha value is -1.06. The van der Waals surface area contributed by atoms with Crippen molar-refractivity contribution in [3.63, 3.8) is 0 Å². The molecule has 0 aliphatic carbocycles. The van der Waals surface area contributed by atoms with Gasteiger partial charge in [-0.1, -0.05) is 26.0 Å². The van der Waals surface area contributed by atoms with Gasteiger partial charge in [0.05, 0.1) is 12.9 Å². The summed E-state index contributed by atoms with van der Waals surface area (Å²) in [7, 11) is 0. The van der Waals surface area contributed by atoms with Crippen molar-refractivity contribution in [2.75, 3.05) is 13.2 Å². The molecule has 1 aromatic rings. The first-order valence-corrected chi connectivity index (χ1v) is 6.19. The van der Waals surface area contributed by atoms with Gasteiger partial charge in [-0.05, 0) is 25.5 Å². The number of hydrogen-bond acceptors (Lipinski definition) is 3. The van der Waals surface area contributed by atoms with Crippen molar-refractivity contribution in [1.82, 2.24) is 5.32 Å². The van der Waals surface area contributed by atoms with E-state index in [0.29, 0.717) is 19.1 Å². The summed E-state index contributed by atoms with van der Waals surface area (Å²) in [5, 5.41) is 3.40. The fourth-order valence-electron chi connectivity index (χ4n) is 1.46. The van der Waals surface area contributed by atoms with Crippen LogP contribution in [0, 0.1) is 5.92 Å². The predicted molar refractivity (Wildman–Crippen MR) is 69.7 cm³/mol. The second kappa shape index (κ2) is 8.09. The number of hydrogen-bond donors (Lipinski definition) is 1. The Kier molecular flexibility index (Phi) is 6.67. The number of allylic oxidation sites excluding steroid dienone is 1. The number of nitrogens with one attached hydrogen (secondary N) is 1. The monoisotopic (exact) mass is 237 g/mol. The zero-order chi connectivity index (χ0) is 12.5. The van der Waals surface area contributed by atoms with Gasteiger partial charge in [0.1, 0.15) is 12.4 Å². The molecule has 0 saturated heterocycles.